The minimum atomic E-state index is 0.166. The van der Waals surface area contributed by atoms with Crippen LogP contribution in [0, 0.1) is 30.6 Å². The Labute approximate surface area is 122 Å². The van der Waals surface area contributed by atoms with Gasteiger partial charge in [-0.3, -0.25) is 0 Å². The molecule has 0 saturated heterocycles. The predicted molar refractivity (Wildman–Crippen MR) is 83.6 cm³/mol. The minimum Gasteiger partial charge on any atom is -0.378 e. The van der Waals surface area contributed by atoms with Gasteiger partial charge in [-0.15, -0.1) is 0 Å². The van der Waals surface area contributed by atoms with E-state index < -0.39 is 0 Å². The van der Waals surface area contributed by atoms with Crippen molar-refractivity contribution in [3.05, 3.63) is 29.8 Å². The number of anilines is 1. The van der Waals surface area contributed by atoms with Crippen LogP contribution in [0.2, 0.25) is 0 Å². The first-order chi connectivity index (χ1) is 9.71. The van der Waals surface area contributed by atoms with Crippen LogP contribution in [0.4, 0.5) is 5.69 Å². The van der Waals surface area contributed by atoms with Crippen molar-refractivity contribution in [3.8, 4) is 0 Å². The summed E-state index contributed by atoms with van der Waals surface area (Å²) in [6.45, 7) is 2.98. The van der Waals surface area contributed by atoms with Crippen LogP contribution in [-0.4, -0.2) is 12.1 Å². The molecular weight excluding hydrogens is 244 g/mol. The Bertz CT molecular complexity index is 480. The standard InChI is InChI=1S/C18H26N2/c1-12-4-2-3-5-17(12)20-18(11-19)15-7-13-6-14(9-15)10-16(18)8-13/h2-5,13-16,20H,6-11,19H2,1H3. The molecule has 0 aliphatic heterocycles. The maximum absolute atomic E-state index is 6.32. The molecule has 5 rings (SSSR count). The molecule has 4 aliphatic rings. The molecule has 4 bridgehead atoms. The summed E-state index contributed by atoms with van der Waals surface area (Å²) < 4.78 is 0. The van der Waals surface area contributed by atoms with Gasteiger partial charge in [0, 0.05) is 12.2 Å². The van der Waals surface area contributed by atoms with E-state index in [1.165, 1.54) is 43.4 Å². The molecule has 0 aromatic heterocycles. The van der Waals surface area contributed by atoms with E-state index in [4.69, 9.17) is 5.73 Å². The summed E-state index contributed by atoms with van der Waals surface area (Å²) in [7, 11) is 0. The largest absolute Gasteiger partial charge is 0.378 e. The number of benzene rings is 1. The molecule has 108 valence electrons. The van der Waals surface area contributed by atoms with Crippen LogP contribution in [0.3, 0.4) is 0 Å². The lowest BCUT2D eigenvalue weighted by Gasteiger charge is -2.61. The second-order valence-electron chi connectivity index (χ2n) is 7.49. The van der Waals surface area contributed by atoms with Gasteiger partial charge in [-0.05, 0) is 74.3 Å². The van der Waals surface area contributed by atoms with E-state index >= 15 is 0 Å². The molecule has 3 N–H and O–H groups in total. The molecular formula is C18H26N2. The molecule has 0 spiro atoms. The van der Waals surface area contributed by atoms with Gasteiger partial charge in [-0.1, -0.05) is 18.2 Å². The minimum absolute atomic E-state index is 0.166. The number of para-hydroxylation sites is 1. The molecule has 1 aromatic carbocycles. The highest BCUT2D eigenvalue weighted by Crippen LogP contribution is 2.58. The topological polar surface area (TPSA) is 38.0 Å². The van der Waals surface area contributed by atoms with Gasteiger partial charge in [0.2, 0.25) is 0 Å². The number of hydrogen-bond acceptors (Lipinski definition) is 2. The fourth-order valence-corrected chi connectivity index (χ4v) is 5.58. The lowest BCUT2D eigenvalue weighted by molar-refractivity contribution is -0.0405. The maximum Gasteiger partial charge on any atom is 0.0552 e. The van der Waals surface area contributed by atoms with Crippen LogP contribution in [0.15, 0.2) is 24.3 Å². The summed E-state index contributed by atoms with van der Waals surface area (Å²) in [5.41, 5.74) is 9.13. The molecule has 4 aliphatic carbocycles. The fraction of sp³-hybridized carbons (Fsp3) is 0.667. The maximum atomic E-state index is 6.32. The third-order valence-electron chi connectivity index (χ3n) is 6.45. The first-order valence-electron chi connectivity index (χ1n) is 8.25. The summed E-state index contributed by atoms with van der Waals surface area (Å²) in [5, 5.41) is 3.93. The Balaban J connectivity index is 1.68. The van der Waals surface area contributed by atoms with E-state index in [0.29, 0.717) is 0 Å². The van der Waals surface area contributed by atoms with E-state index in [-0.39, 0.29) is 5.54 Å². The van der Waals surface area contributed by atoms with Gasteiger partial charge in [0.15, 0.2) is 0 Å². The Morgan fingerprint density at radius 2 is 1.65 bits per heavy atom. The van der Waals surface area contributed by atoms with E-state index in [0.717, 1.165) is 30.2 Å². The van der Waals surface area contributed by atoms with Gasteiger partial charge >= 0.3 is 0 Å². The molecule has 0 amide bonds. The average molecular weight is 270 g/mol. The smallest absolute Gasteiger partial charge is 0.0552 e. The molecule has 4 fully saturated rings. The fourth-order valence-electron chi connectivity index (χ4n) is 5.58. The van der Waals surface area contributed by atoms with Crippen molar-refractivity contribution in [2.75, 3.05) is 11.9 Å². The zero-order valence-electron chi connectivity index (χ0n) is 12.4. The van der Waals surface area contributed by atoms with Crippen LogP contribution >= 0.6 is 0 Å². The van der Waals surface area contributed by atoms with Gasteiger partial charge in [-0.2, -0.15) is 0 Å². The van der Waals surface area contributed by atoms with Crippen LogP contribution < -0.4 is 11.1 Å². The van der Waals surface area contributed by atoms with Crippen LogP contribution in [0.5, 0.6) is 0 Å². The van der Waals surface area contributed by atoms with Crippen LogP contribution in [-0.2, 0) is 0 Å². The van der Waals surface area contributed by atoms with E-state index in [9.17, 15) is 0 Å². The Morgan fingerprint density at radius 1 is 1.05 bits per heavy atom. The second kappa shape index (κ2) is 4.49. The molecule has 20 heavy (non-hydrogen) atoms. The lowest BCUT2D eigenvalue weighted by atomic mass is 9.48. The third-order valence-corrected chi connectivity index (χ3v) is 6.45. The Morgan fingerprint density at radius 3 is 2.20 bits per heavy atom. The molecule has 0 heterocycles. The SMILES string of the molecule is Cc1ccccc1NC1(CN)C2CC3CC(C2)CC1C3. The molecule has 0 unspecified atom stereocenters. The van der Waals surface area contributed by atoms with Crippen molar-refractivity contribution in [1.29, 1.82) is 0 Å². The Hall–Kier alpha value is -1.02. The quantitative estimate of drug-likeness (QED) is 0.881. The van der Waals surface area contributed by atoms with Crippen molar-refractivity contribution in [2.24, 2.45) is 29.4 Å². The molecule has 1 aromatic rings. The number of rotatable bonds is 3. The second-order valence-corrected chi connectivity index (χ2v) is 7.49. The van der Waals surface area contributed by atoms with Gasteiger partial charge in [-0.25, -0.2) is 0 Å². The predicted octanol–water partition coefficient (Wildman–Crippen LogP) is 3.56. The van der Waals surface area contributed by atoms with Crippen molar-refractivity contribution >= 4 is 5.69 Å². The first kappa shape index (κ1) is 12.7. The number of nitrogens with two attached hydrogens (primary N) is 1. The molecule has 4 saturated carbocycles. The monoisotopic (exact) mass is 270 g/mol. The van der Waals surface area contributed by atoms with Crippen LogP contribution in [0.1, 0.15) is 37.7 Å². The third kappa shape index (κ3) is 1.74. The zero-order chi connectivity index (χ0) is 13.7. The van der Waals surface area contributed by atoms with E-state index in [1.807, 2.05) is 0 Å². The molecule has 2 heteroatoms. The van der Waals surface area contributed by atoms with Crippen molar-refractivity contribution in [2.45, 2.75) is 44.6 Å². The summed E-state index contributed by atoms with van der Waals surface area (Å²) >= 11 is 0. The van der Waals surface area contributed by atoms with Gasteiger partial charge in [0.1, 0.15) is 0 Å². The molecule has 2 nitrogen and oxygen atoms in total. The number of aryl methyl sites for hydroxylation is 1. The summed E-state index contributed by atoms with van der Waals surface area (Å²) in [6.07, 6.45) is 7.12. The first-order valence-corrected chi connectivity index (χ1v) is 8.25. The number of nitrogens with one attached hydrogen (secondary N) is 1. The van der Waals surface area contributed by atoms with E-state index in [2.05, 4.69) is 36.5 Å². The van der Waals surface area contributed by atoms with Crippen molar-refractivity contribution in [3.63, 3.8) is 0 Å². The van der Waals surface area contributed by atoms with Gasteiger partial charge < -0.3 is 11.1 Å². The zero-order valence-corrected chi connectivity index (χ0v) is 12.4. The highest BCUT2D eigenvalue weighted by atomic mass is 15.0. The number of hydrogen-bond donors (Lipinski definition) is 2. The lowest BCUT2D eigenvalue weighted by Crippen LogP contribution is -2.65. The molecule has 0 atom stereocenters. The van der Waals surface area contributed by atoms with E-state index in [1.54, 1.807) is 0 Å². The Kier molecular flexibility index (Phi) is 2.85. The summed E-state index contributed by atoms with van der Waals surface area (Å²) in [4.78, 5) is 0. The molecule has 0 radical (unpaired) electrons. The van der Waals surface area contributed by atoms with Crippen LogP contribution in [0.25, 0.3) is 0 Å². The van der Waals surface area contributed by atoms with Crippen molar-refractivity contribution in [1.82, 2.24) is 0 Å². The highest BCUT2D eigenvalue weighted by Gasteiger charge is 2.56. The van der Waals surface area contributed by atoms with Gasteiger partial charge in [0.25, 0.3) is 0 Å². The summed E-state index contributed by atoms with van der Waals surface area (Å²) in [6, 6.07) is 8.67. The van der Waals surface area contributed by atoms with Gasteiger partial charge in [0.05, 0.1) is 5.54 Å². The highest BCUT2D eigenvalue weighted by molar-refractivity contribution is 5.53. The summed E-state index contributed by atoms with van der Waals surface area (Å²) in [5.74, 6) is 3.58. The normalized spacial score (nSPS) is 41.9. The average Bonchev–Trinajstić information content (AvgIpc) is 2.44. The van der Waals surface area contributed by atoms with Crippen molar-refractivity contribution < 1.29 is 0 Å².